The largest absolute Gasteiger partial charge is 0.251 e. The molecule has 0 N–H and O–H groups in total. The third-order valence-corrected chi connectivity index (χ3v) is 8.82. The Kier molecular flexibility index (Phi) is 2.71. The summed E-state index contributed by atoms with van der Waals surface area (Å²) in [4.78, 5) is 10.3. The molecule has 4 atom stereocenters. The van der Waals surface area contributed by atoms with E-state index < -0.39 is 0 Å². The minimum Gasteiger partial charge on any atom is -0.251 e. The van der Waals surface area contributed by atoms with E-state index in [-0.39, 0.29) is 0 Å². The van der Waals surface area contributed by atoms with Crippen molar-refractivity contribution in [3.8, 4) is 11.4 Å². The molecule has 6 aliphatic rings. The van der Waals surface area contributed by atoms with Gasteiger partial charge in [-0.2, -0.15) is 0 Å². The van der Waals surface area contributed by atoms with Crippen LogP contribution >= 0.6 is 0 Å². The van der Waals surface area contributed by atoms with E-state index in [9.17, 15) is 0 Å². The van der Waals surface area contributed by atoms with Crippen molar-refractivity contribution in [2.45, 2.75) is 65.2 Å². The van der Waals surface area contributed by atoms with Crippen LogP contribution in [0.5, 0.6) is 0 Å². The molecule has 0 spiro atoms. The summed E-state index contributed by atoms with van der Waals surface area (Å²) >= 11 is 0. The molecule has 6 aliphatic carbocycles. The summed E-state index contributed by atoms with van der Waals surface area (Å²) in [7, 11) is 0. The minimum atomic E-state index is 0.423. The molecule has 2 fully saturated rings. The average Bonchev–Trinajstić information content (AvgIpc) is 2.65. The minimum absolute atomic E-state index is 0.423. The van der Waals surface area contributed by atoms with Gasteiger partial charge in [0.15, 0.2) is 0 Å². The van der Waals surface area contributed by atoms with E-state index in [2.05, 4.69) is 52.0 Å². The van der Waals surface area contributed by atoms with Crippen LogP contribution in [0.25, 0.3) is 11.4 Å². The van der Waals surface area contributed by atoms with Crippen LogP contribution in [-0.4, -0.2) is 9.97 Å². The van der Waals surface area contributed by atoms with Crippen molar-refractivity contribution >= 4 is 0 Å². The van der Waals surface area contributed by atoms with Crippen LogP contribution < -0.4 is 0 Å². The highest BCUT2D eigenvalue weighted by molar-refractivity contribution is 5.58. The van der Waals surface area contributed by atoms with Crippen LogP contribution in [0.4, 0.5) is 0 Å². The van der Waals surface area contributed by atoms with Gasteiger partial charge in [0, 0.05) is 23.2 Å². The fraction of sp³-hybridized carbons (Fsp3) is 0.583. The summed E-state index contributed by atoms with van der Waals surface area (Å²) in [5, 5.41) is 0. The molecule has 2 aromatic heterocycles. The highest BCUT2D eigenvalue weighted by Crippen LogP contribution is 2.62. The van der Waals surface area contributed by atoms with E-state index in [4.69, 9.17) is 9.97 Å². The maximum absolute atomic E-state index is 5.16. The molecule has 8 rings (SSSR count). The number of rotatable bonds is 1. The first-order valence-corrected chi connectivity index (χ1v) is 10.4. The lowest BCUT2D eigenvalue weighted by atomic mass is 9.48. The predicted molar refractivity (Wildman–Crippen MR) is 104 cm³/mol. The predicted octanol–water partition coefficient (Wildman–Crippen LogP) is 5.52. The molecule has 4 unspecified atom stereocenters. The molecule has 4 bridgehead atoms. The summed E-state index contributed by atoms with van der Waals surface area (Å²) in [6.07, 6.45) is 5.07. The van der Waals surface area contributed by atoms with Crippen molar-refractivity contribution < 1.29 is 0 Å². The molecule has 2 saturated carbocycles. The summed E-state index contributed by atoms with van der Waals surface area (Å²) in [5.74, 6) is 2.98. The first-order valence-electron chi connectivity index (χ1n) is 10.4. The zero-order valence-electron chi connectivity index (χ0n) is 16.3. The lowest BCUT2D eigenvalue weighted by Crippen LogP contribution is -2.48. The van der Waals surface area contributed by atoms with Gasteiger partial charge in [-0.3, -0.25) is 9.97 Å². The monoisotopic (exact) mass is 344 g/mol. The van der Waals surface area contributed by atoms with Gasteiger partial charge in [0.25, 0.3) is 0 Å². The van der Waals surface area contributed by atoms with Crippen molar-refractivity contribution in [1.82, 2.24) is 9.97 Å². The first kappa shape index (κ1) is 15.4. The maximum Gasteiger partial charge on any atom is 0.0889 e. The van der Waals surface area contributed by atoms with E-state index in [1.54, 1.807) is 0 Å². The molecule has 0 aromatic carbocycles. The first-order chi connectivity index (χ1) is 12.4. The van der Waals surface area contributed by atoms with Crippen molar-refractivity contribution in [3.63, 3.8) is 0 Å². The van der Waals surface area contributed by atoms with Gasteiger partial charge < -0.3 is 0 Å². The van der Waals surface area contributed by atoms with E-state index in [1.807, 2.05) is 0 Å². The molecule has 26 heavy (non-hydrogen) atoms. The Balaban J connectivity index is 1.42. The van der Waals surface area contributed by atoms with E-state index >= 15 is 0 Å². The molecule has 2 nitrogen and oxygen atoms in total. The Morgan fingerprint density at radius 3 is 1.50 bits per heavy atom. The number of hydrogen-bond acceptors (Lipinski definition) is 2. The number of aromatic nitrogens is 2. The molecule has 2 heteroatoms. The van der Waals surface area contributed by atoms with Crippen LogP contribution in [0.2, 0.25) is 0 Å². The zero-order chi connectivity index (χ0) is 17.8. The van der Waals surface area contributed by atoms with Crippen LogP contribution in [0.1, 0.15) is 74.9 Å². The van der Waals surface area contributed by atoms with Crippen molar-refractivity contribution in [2.75, 3.05) is 0 Å². The zero-order valence-corrected chi connectivity index (χ0v) is 16.3. The second-order valence-electron chi connectivity index (χ2n) is 10.5. The van der Waals surface area contributed by atoms with Gasteiger partial charge in [0.1, 0.15) is 0 Å². The smallest absolute Gasteiger partial charge is 0.0889 e. The van der Waals surface area contributed by atoms with Gasteiger partial charge in [-0.1, -0.05) is 39.8 Å². The van der Waals surface area contributed by atoms with Crippen LogP contribution in [0, 0.1) is 22.7 Å². The Labute approximate surface area is 156 Å². The summed E-state index contributed by atoms with van der Waals surface area (Å²) < 4.78 is 0. The highest BCUT2D eigenvalue weighted by atomic mass is 14.8. The second kappa shape index (κ2) is 4.58. The molecular weight excluding hydrogens is 316 g/mol. The normalized spacial score (nSPS) is 34.2. The third-order valence-electron chi connectivity index (χ3n) is 8.82. The second-order valence-corrected chi connectivity index (χ2v) is 10.5. The molecule has 0 amide bonds. The van der Waals surface area contributed by atoms with Gasteiger partial charge >= 0.3 is 0 Å². The van der Waals surface area contributed by atoms with Gasteiger partial charge in [-0.25, -0.2) is 0 Å². The number of nitrogens with zero attached hydrogens (tertiary/aromatic N) is 2. The lowest BCUT2D eigenvalue weighted by molar-refractivity contribution is 0.0153. The fourth-order valence-corrected chi connectivity index (χ4v) is 6.43. The van der Waals surface area contributed by atoms with Crippen LogP contribution in [-0.2, 0) is 12.8 Å². The molecule has 0 aliphatic heterocycles. The molecule has 0 radical (unpaired) electrons. The number of hydrogen-bond donors (Lipinski definition) is 0. The van der Waals surface area contributed by atoms with Crippen molar-refractivity contribution in [1.29, 1.82) is 0 Å². The molecule has 2 heterocycles. The summed E-state index contributed by atoms with van der Waals surface area (Å²) in [5.41, 5.74) is 8.68. The van der Waals surface area contributed by atoms with E-state index in [0.717, 1.165) is 23.2 Å². The van der Waals surface area contributed by atoms with E-state index in [1.165, 1.54) is 48.2 Å². The van der Waals surface area contributed by atoms with Crippen molar-refractivity contribution in [2.24, 2.45) is 22.7 Å². The van der Waals surface area contributed by atoms with Gasteiger partial charge in [0.05, 0.1) is 11.4 Å². The Morgan fingerprint density at radius 1 is 0.692 bits per heavy atom. The third kappa shape index (κ3) is 1.74. The molecule has 134 valence electrons. The quantitative estimate of drug-likeness (QED) is 0.681. The highest BCUT2D eigenvalue weighted by Gasteiger charge is 2.54. The number of pyridine rings is 2. The lowest BCUT2D eigenvalue weighted by Gasteiger charge is -2.56. The standard InChI is InChI=1S/C24H28N2/c1-23(2)15-9-13-5-7-19(25-21(13)17(23)11-15)20-8-6-14-10-16-12-18(22(14)26-20)24(16,3)4/h5-8,15-18H,9-12H2,1-4H3. The molecular formula is C24H28N2. The molecule has 2 aromatic rings. The average molecular weight is 345 g/mol. The van der Waals surface area contributed by atoms with Gasteiger partial charge in [-0.05, 0) is 71.6 Å². The summed E-state index contributed by atoms with van der Waals surface area (Å²) in [6, 6.07) is 9.08. The van der Waals surface area contributed by atoms with E-state index in [0.29, 0.717) is 22.7 Å². The van der Waals surface area contributed by atoms with Gasteiger partial charge in [0.2, 0.25) is 0 Å². The summed E-state index contributed by atoms with van der Waals surface area (Å²) in [6.45, 7) is 9.70. The van der Waals surface area contributed by atoms with Crippen LogP contribution in [0.15, 0.2) is 24.3 Å². The Hall–Kier alpha value is -1.70. The topological polar surface area (TPSA) is 25.8 Å². The Morgan fingerprint density at radius 2 is 1.12 bits per heavy atom. The maximum atomic E-state index is 5.16. The van der Waals surface area contributed by atoms with Gasteiger partial charge in [-0.15, -0.1) is 0 Å². The molecule has 0 saturated heterocycles. The van der Waals surface area contributed by atoms with Crippen LogP contribution in [0.3, 0.4) is 0 Å². The Bertz CT molecular complexity index is 862. The van der Waals surface area contributed by atoms with Crippen molar-refractivity contribution in [3.05, 3.63) is 46.8 Å². The fourth-order valence-electron chi connectivity index (χ4n) is 6.43. The SMILES string of the molecule is CC1(C)C2Cc3ccc(-c4ccc5c(n4)C4CC(C5)C4(C)C)nc3C1C2.